The van der Waals surface area contributed by atoms with Gasteiger partial charge in [-0.2, -0.15) is 0 Å². The number of hydrogen-bond donors (Lipinski definition) is 0. The van der Waals surface area contributed by atoms with Crippen LogP contribution in [0.15, 0.2) is 77.7 Å². The minimum absolute atomic E-state index is 0.00493. The van der Waals surface area contributed by atoms with Crippen LogP contribution in [0.5, 0.6) is 11.5 Å². The van der Waals surface area contributed by atoms with Gasteiger partial charge in [0, 0.05) is 17.7 Å². The smallest absolute Gasteiger partial charge is 0.270 e. The van der Waals surface area contributed by atoms with Gasteiger partial charge in [0.05, 0.1) is 15.5 Å². The van der Waals surface area contributed by atoms with Gasteiger partial charge in [-0.25, -0.2) is 0 Å². The number of thioether (sulfide) groups is 1. The Hall–Kier alpha value is -3.69. The summed E-state index contributed by atoms with van der Waals surface area (Å²) in [6, 6.07) is 20.9. The van der Waals surface area contributed by atoms with Crippen LogP contribution in [0.2, 0.25) is 0 Å². The van der Waals surface area contributed by atoms with E-state index >= 15 is 0 Å². The third kappa shape index (κ3) is 5.44. The summed E-state index contributed by atoms with van der Waals surface area (Å²) in [6.45, 7) is 2.50. The van der Waals surface area contributed by atoms with E-state index in [0.29, 0.717) is 20.7 Å². The Balaban J connectivity index is 1.41. The Morgan fingerprint density at radius 3 is 2.38 bits per heavy atom. The highest BCUT2D eigenvalue weighted by Gasteiger charge is 2.33. The number of nitro groups is 1. The summed E-state index contributed by atoms with van der Waals surface area (Å²) in [5, 5.41) is 10.7. The molecule has 0 aromatic heterocycles. The molecule has 0 atom stereocenters. The van der Waals surface area contributed by atoms with Crippen molar-refractivity contribution >= 4 is 51.7 Å². The van der Waals surface area contributed by atoms with Gasteiger partial charge in [0.2, 0.25) is 0 Å². The number of nitrogens with zero attached hydrogens (tertiary/aromatic N) is 2. The number of carbonyl (C=O) groups is 1. The monoisotopic (exact) mass is 492 g/mol. The molecule has 1 aliphatic rings. The Morgan fingerprint density at radius 1 is 1.00 bits per heavy atom. The van der Waals surface area contributed by atoms with E-state index in [1.54, 1.807) is 18.2 Å². The van der Waals surface area contributed by atoms with Gasteiger partial charge in [0.1, 0.15) is 24.7 Å². The van der Waals surface area contributed by atoms with Crippen LogP contribution in [0.25, 0.3) is 6.08 Å². The summed E-state index contributed by atoms with van der Waals surface area (Å²) in [7, 11) is 0. The van der Waals surface area contributed by atoms with E-state index in [9.17, 15) is 14.9 Å². The van der Waals surface area contributed by atoms with Crippen LogP contribution < -0.4 is 14.4 Å². The second-order valence-electron chi connectivity index (χ2n) is 7.34. The summed E-state index contributed by atoms with van der Waals surface area (Å²) in [5.74, 6) is 0.952. The number of nitro benzene ring substituents is 1. The van der Waals surface area contributed by atoms with Crippen LogP contribution in [-0.2, 0) is 4.79 Å². The number of hydrogen-bond acceptors (Lipinski definition) is 7. The third-order valence-corrected chi connectivity index (χ3v) is 6.25. The maximum Gasteiger partial charge on any atom is 0.270 e. The molecule has 4 rings (SSSR count). The molecule has 0 bridgehead atoms. The zero-order valence-corrected chi connectivity index (χ0v) is 19.8. The van der Waals surface area contributed by atoms with Crippen molar-refractivity contribution in [2.24, 2.45) is 0 Å². The topological polar surface area (TPSA) is 81.9 Å². The van der Waals surface area contributed by atoms with Crippen LogP contribution >= 0.6 is 24.0 Å². The van der Waals surface area contributed by atoms with Gasteiger partial charge in [0.25, 0.3) is 11.6 Å². The summed E-state index contributed by atoms with van der Waals surface area (Å²) in [4.78, 5) is 25.4. The number of aryl methyl sites for hydroxylation is 1. The highest BCUT2D eigenvalue weighted by Crippen LogP contribution is 2.37. The van der Waals surface area contributed by atoms with Gasteiger partial charge in [-0.15, -0.1) is 0 Å². The van der Waals surface area contributed by atoms with Crippen molar-refractivity contribution in [3.05, 3.63) is 98.9 Å². The molecule has 0 spiro atoms. The van der Waals surface area contributed by atoms with Gasteiger partial charge in [0.15, 0.2) is 4.32 Å². The molecule has 3 aromatic rings. The molecule has 1 amide bonds. The van der Waals surface area contributed by atoms with Crippen molar-refractivity contribution in [3.8, 4) is 11.5 Å². The molecule has 7 nitrogen and oxygen atoms in total. The van der Waals surface area contributed by atoms with E-state index < -0.39 is 4.92 Å². The van der Waals surface area contributed by atoms with E-state index in [4.69, 9.17) is 21.7 Å². The van der Waals surface area contributed by atoms with Crippen molar-refractivity contribution in [3.63, 3.8) is 0 Å². The van der Waals surface area contributed by atoms with Crippen LogP contribution in [-0.4, -0.2) is 28.4 Å². The molecule has 0 saturated carbocycles. The number of para-hydroxylation sites is 1. The van der Waals surface area contributed by atoms with Crippen LogP contribution in [0.1, 0.15) is 11.1 Å². The Kier molecular flexibility index (Phi) is 7.24. The minimum atomic E-state index is -0.460. The average molecular weight is 493 g/mol. The second kappa shape index (κ2) is 10.5. The lowest BCUT2D eigenvalue weighted by molar-refractivity contribution is -0.384. The predicted molar refractivity (Wildman–Crippen MR) is 137 cm³/mol. The summed E-state index contributed by atoms with van der Waals surface area (Å²) < 4.78 is 11.9. The second-order valence-corrected chi connectivity index (χ2v) is 9.01. The number of anilines is 1. The van der Waals surface area contributed by atoms with Gasteiger partial charge in [-0.05, 0) is 43.3 Å². The fourth-order valence-corrected chi connectivity index (χ4v) is 4.52. The Morgan fingerprint density at radius 2 is 1.68 bits per heavy atom. The molecule has 0 N–H and O–H groups in total. The van der Waals surface area contributed by atoms with E-state index in [0.717, 1.165) is 16.8 Å². The molecule has 9 heteroatoms. The minimum Gasteiger partial charge on any atom is -0.490 e. The van der Waals surface area contributed by atoms with Crippen molar-refractivity contribution in [2.75, 3.05) is 18.1 Å². The molecule has 0 radical (unpaired) electrons. The number of rotatable bonds is 8. The highest BCUT2D eigenvalue weighted by atomic mass is 32.2. The number of benzene rings is 3. The molecule has 0 unspecified atom stereocenters. The average Bonchev–Trinajstić information content (AvgIpc) is 3.11. The Labute approximate surface area is 206 Å². The molecule has 3 aromatic carbocycles. The van der Waals surface area contributed by atoms with Gasteiger partial charge >= 0.3 is 0 Å². The fourth-order valence-electron chi connectivity index (χ4n) is 3.23. The quantitative estimate of drug-likeness (QED) is 0.130. The van der Waals surface area contributed by atoms with Crippen LogP contribution in [0.3, 0.4) is 0 Å². The number of amides is 1. The summed E-state index contributed by atoms with van der Waals surface area (Å²) in [5.41, 5.74) is 2.60. The van der Waals surface area contributed by atoms with Crippen molar-refractivity contribution in [2.45, 2.75) is 6.92 Å². The maximum atomic E-state index is 13.0. The SMILES string of the molecule is Cc1ccc(N2C(=O)/C(=C/c3ccccc3OCCOc3ccc([N+](=O)[O-])cc3)SC2=S)cc1. The molecule has 1 heterocycles. The lowest BCUT2D eigenvalue weighted by Crippen LogP contribution is -2.27. The lowest BCUT2D eigenvalue weighted by atomic mass is 10.1. The normalized spacial score (nSPS) is 14.5. The number of carbonyl (C=O) groups excluding carboxylic acids is 1. The molecule has 172 valence electrons. The van der Waals surface area contributed by atoms with E-state index in [2.05, 4.69) is 0 Å². The van der Waals surface area contributed by atoms with Crippen molar-refractivity contribution < 1.29 is 19.2 Å². The van der Waals surface area contributed by atoms with Crippen molar-refractivity contribution in [1.29, 1.82) is 0 Å². The number of thiocarbonyl (C=S) groups is 1. The van der Waals surface area contributed by atoms with Gasteiger partial charge in [-0.3, -0.25) is 19.8 Å². The first-order valence-electron chi connectivity index (χ1n) is 10.4. The van der Waals surface area contributed by atoms with Crippen molar-refractivity contribution in [1.82, 2.24) is 0 Å². The van der Waals surface area contributed by atoms with E-state index in [1.165, 1.54) is 28.8 Å². The molecular formula is C25H20N2O5S2. The zero-order valence-electron chi connectivity index (χ0n) is 18.2. The highest BCUT2D eigenvalue weighted by molar-refractivity contribution is 8.27. The maximum absolute atomic E-state index is 13.0. The van der Waals surface area contributed by atoms with Gasteiger partial charge in [-0.1, -0.05) is 59.9 Å². The first kappa shape index (κ1) is 23.5. The van der Waals surface area contributed by atoms with Crippen LogP contribution in [0, 0.1) is 17.0 Å². The lowest BCUT2D eigenvalue weighted by Gasteiger charge is -2.14. The molecule has 34 heavy (non-hydrogen) atoms. The van der Waals surface area contributed by atoms with E-state index in [-0.39, 0.29) is 24.8 Å². The fraction of sp³-hybridized carbons (Fsp3) is 0.120. The third-order valence-electron chi connectivity index (χ3n) is 4.95. The molecule has 0 aliphatic carbocycles. The standard InChI is InChI=1S/C25H20N2O5S2/c1-17-6-8-19(9-7-17)26-24(28)23(34-25(26)33)16-18-4-2-3-5-22(18)32-15-14-31-21-12-10-20(11-13-21)27(29)30/h2-13,16H,14-15H2,1H3/b23-16-. The van der Waals surface area contributed by atoms with Crippen LogP contribution in [0.4, 0.5) is 11.4 Å². The zero-order chi connectivity index (χ0) is 24.1. The van der Waals surface area contributed by atoms with E-state index in [1.807, 2.05) is 55.5 Å². The number of ether oxygens (including phenoxy) is 2. The Bertz CT molecular complexity index is 1260. The molecule has 1 aliphatic heterocycles. The first-order chi connectivity index (χ1) is 16.4. The number of non-ortho nitro benzene ring substituents is 1. The summed E-state index contributed by atoms with van der Waals surface area (Å²) >= 11 is 6.71. The molecular weight excluding hydrogens is 472 g/mol. The molecule has 1 saturated heterocycles. The predicted octanol–water partition coefficient (Wildman–Crippen LogP) is 5.77. The summed E-state index contributed by atoms with van der Waals surface area (Å²) in [6.07, 6.45) is 1.78. The molecule has 1 fully saturated rings. The van der Waals surface area contributed by atoms with Gasteiger partial charge < -0.3 is 9.47 Å². The largest absolute Gasteiger partial charge is 0.490 e. The first-order valence-corrected chi connectivity index (χ1v) is 11.6.